The molecule has 2 aliphatic heterocycles. The molecule has 66 valence electrons. The number of hydrogen-bond acceptors (Lipinski definition) is 2. The molecule has 4 heteroatoms. The van der Waals surface area contributed by atoms with Crippen LogP contribution in [0.25, 0.3) is 0 Å². The molecule has 1 saturated heterocycles. The van der Waals surface area contributed by atoms with Crippen molar-refractivity contribution in [2.75, 3.05) is 6.54 Å². The summed E-state index contributed by atoms with van der Waals surface area (Å²) in [5.41, 5.74) is 0.276. The Kier molecular flexibility index (Phi) is 1.72. The van der Waals surface area contributed by atoms with Crippen LogP contribution in [0.3, 0.4) is 0 Å². The molecule has 2 nitrogen and oxygen atoms in total. The molecule has 0 aromatic heterocycles. The van der Waals surface area contributed by atoms with Gasteiger partial charge in [0.15, 0.2) is 0 Å². The van der Waals surface area contributed by atoms with Gasteiger partial charge >= 0.3 is 0 Å². The molecule has 2 heterocycles. The van der Waals surface area contributed by atoms with Crippen LogP contribution >= 0.6 is 0 Å². The van der Waals surface area contributed by atoms with Gasteiger partial charge in [-0.25, -0.2) is 0 Å². The first-order valence-corrected chi connectivity index (χ1v) is 4.00. The molecule has 0 spiro atoms. The zero-order valence-corrected chi connectivity index (χ0v) is 6.80. The summed E-state index contributed by atoms with van der Waals surface area (Å²) in [5, 5.41) is 0. The van der Waals surface area contributed by atoms with Gasteiger partial charge in [0.25, 0.3) is 6.08 Å². The summed E-state index contributed by atoms with van der Waals surface area (Å²) >= 11 is 0. The number of fused-ring (bicyclic) bond motifs is 1. The molecule has 0 N–H and O–H groups in total. The minimum atomic E-state index is -1.51. The summed E-state index contributed by atoms with van der Waals surface area (Å²) in [6.45, 7) is 2.31. The molecule has 1 fully saturated rings. The minimum Gasteiger partial charge on any atom is -0.277 e. The largest absolute Gasteiger partial charge is 0.277 e. The van der Waals surface area contributed by atoms with Gasteiger partial charge < -0.3 is 0 Å². The lowest BCUT2D eigenvalue weighted by atomic mass is 10.2. The van der Waals surface area contributed by atoms with Crippen molar-refractivity contribution < 1.29 is 8.78 Å². The van der Waals surface area contributed by atoms with Crippen LogP contribution in [-0.4, -0.2) is 29.9 Å². The Morgan fingerprint density at radius 3 is 3.00 bits per heavy atom. The van der Waals surface area contributed by atoms with Crippen molar-refractivity contribution in [1.29, 1.82) is 0 Å². The summed E-state index contributed by atoms with van der Waals surface area (Å²) < 4.78 is 24.4. The van der Waals surface area contributed by atoms with Crippen LogP contribution in [0.5, 0.6) is 0 Å². The molecule has 0 amide bonds. The van der Waals surface area contributed by atoms with Gasteiger partial charge in [0.1, 0.15) is 0 Å². The van der Waals surface area contributed by atoms with Crippen LogP contribution in [-0.2, 0) is 0 Å². The van der Waals surface area contributed by atoms with Crippen molar-refractivity contribution in [2.24, 2.45) is 4.99 Å². The van der Waals surface area contributed by atoms with Crippen LogP contribution in [0.1, 0.15) is 13.3 Å². The molecule has 0 aliphatic carbocycles. The SMILES string of the molecule is CC1N=CC2CC(=C(F)F)CN21. The Hall–Kier alpha value is -0.770. The van der Waals surface area contributed by atoms with Crippen LogP contribution < -0.4 is 0 Å². The topological polar surface area (TPSA) is 15.6 Å². The molecule has 0 saturated carbocycles. The fourth-order valence-electron chi connectivity index (χ4n) is 1.77. The monoisotopic (exact) mass is 172 g/mol. The van der Waals surface area contributed by atoms with E-state index < -0.39 is 6.08 Å². The van der Waals surface area contributed by atoms with E-state index in [1.165, 1.54) is 0 Å². The first kappa shape index (κ1) is 7.86. The maximum atomic E-state index is 12.2. The lowest BCUT2D eigenvalue weighted by molar-refractivity contribution is 0.265. The van der Waals surface area contributed by atoms with Crippen molar-refractivity contribution in [3.63, 3.8) is 0 Å². The van der Waals surface area contributed by atoms with Gasteiger partial charge in [-0.05, 0) is 13.3 Å². The smallest absolute Gasteiger partial charge is 0.270 e. The van der Waals surface area contributed by atoms with Gasteiger partial charge in [-0.2, -0.15) is 8.78 Å². The van der Waals surface area contributed by atoms with Crippen LogP contribution in [0.4, 0.5) is 8.78 Å². The third-order valence-electron chi connectivity index (χ3n) is 2.48. The maximum absolute atomic E-state index is 12.2. The summed E-state index contributed by atoms with van der Waals surface area (Å²) in [4.78, 5) is 6.13. The van der Waals surface area contributed by atoms with Gasteiger partial charge in [-0.3, -0.25) is 9.89 Å². The fourth-order valence-corrected chi connectivity index (χ4v) is 1.77. The highest BCUT2D eigenvalue weighted by molar-refractivity contribution is 5.68. The maximum Gasteiger partial charge on any atom is 0.270 e. The number of nitrogens with zero attached hydrogens (tertiary/aromatic N) is 2. The third kappa shape index (κ3) is 1.06. The second-order valence-electron chi connectivity index (χ2n) is 3.24. The molecule has 0 bridgehead atoms. The minimum absolute atomic E-state index is 0.0758. The first-order valence-electron chi connectivity index (χ1n) is 4.00. The van der Waals surface area contributed by atoms with Crippen molar-refractivity contribution in [2.45, 2.75) is 25.6 Å². The zero-order valence-electron chi connectivity index (χ0n) is 6.80. The van der Waals surface area contributed by atoms with E-state index in [9.17, 15) is 8.78 Å². The Balaban J connectivity index is 2.18. The van der Waals surface area contributed by atoms with E-state index >= 15 is 0 Å². The number of halogens is 2. The van der Waals surface area contributed by atoms with Gasteiger partial charge in [-0.1, -0.05) is 0 Å². The molecule has 0 radical (unpaired) electrons. The quantitative estimate of drug-likeness (QED) is 0.542. The molecule has 0 aromatic rings. The van der Waals surface area contributed by atoms with Gasteiger partial charge in [0, 0.05) is 18.3 Å². The van der Waals surface area contributed by atoms with Crippen LogP contribution in [0.15, 0.2) is 16.6 Å². The fraction of sp³-hybridized carbons (Fsp3) is 0.625. The van der Waals surface area contributed by atoms with E-state index in [1.807, 2.05) is 11.8 Å². The highest BCUT2D eigenvalue weighted by Gasteiger charge is 2.35. The predicted molar refractivity (Wildman–Crippen MR) is 42.3 cm³/mol. The van der Waals surface area contributed by atoms with Gasteiger partial charge in [-0.15, -0.1) is 0 Å². The molecule has 2 rings (SSSR count). The number of rotatable bonds is 0. The van der Waals surface area contributed by atoms with E-state index in [4.69, 9.17) is 0 Å². The molecule has 2 atom stereocenters. The number of hydrogen-bond donors (Lipinski definition) is 0. The average Bonchev–Trinajstić information content (AvgIpc) is 2.53. The molecule has 0 aromatic carbocycles. The van der Waals surface area contributed by atoms with Crippen molar-refractivity contribution in [1.82, 2.24) is 4.90 Å². The van der Waals surface area contributed by atoms with E-state index in [-0.39, 0.29) is 17.8 Å². The van der Waals surface area contributed by atoms with E-state index in [0.29, 0.717) is 13.0 Å². The summed E-state index contributed by atoms with van der Waals surface area (Å²) in [7, 11) is 0. The lowest BCUT2D eigenvalue weighted by Crippen LogP contribution is -2.30. The first-order chi connectivity index (χ1) is 5.68. The Morgan fingerprint density at radius 2 is 2.42 bits per heavy atom. The van der Waals surface area contributed by atoms with E-state index in [1.54, 1.807) is 6.21 Å². The van der Waals surface area contributed by atoms with Crippen LogP contribution in [0, 0.1) is 0 Å². The zero-order chi connectivity index (χ0) is 8.72. The van der Waals surface area contributed by atoms with Crippen molar-refractivity contribution >= 4 is 6.21 Å². The normalized spacial score (nSPS) is 34.4. The average molecular weight is 172 g/mol. The Bertz CT molecular complexity index is 256. The van der Waals surface area contributed by atoms with Gasteiger partial charge in [0.05, 0.1) is 12.2 Å². The van der Waals surface area contributed by atoms with Crippen molar-refractivity contribution in [3.05, 3.63) is 11.7 Å². The molecular weight excluding hydrogens is 162 g/mol. The number of aliphatic imine (C=N–C) groups is 1. The van der Waals surface area contributed by atoms with E-state index in [0.717, 1.165) is 0 Å². The van der Waals surface area contributed by atoms with Gasteiger partial charge in [0.2, 0.25) is 0 Å². The highest BCUT2D eigenvalue weighted by atomic mass is 19.3. The van der Waals surface area contributed by atoms with Crippen molar-refractivity contribution in [3.8, 4) is 0 Å². The molecule has 2 aliphatic rings. The summed E-state index contributed by atoms with van der Waals surface area (Å²) in [6.07, 6.45) is 0.799. The summed E-state index contributed by atoms with van der Waals surface area (Å²) in [5.74, 6) is 0. The van der Waals surface area contributed by atoms with Crippen LogP contribution in [0.2, 0.25) is 0 Å². The Labute approximate surface area is 69.6 Å². The predicted octanol–water partition coefficient (Wildman–Crippen LogP) is 1.64. The Morgan fingerprint density at radius 1 is 1.67 bits per heavy atom. The third-order valence-corrected chi connectivity index (χ3v) is 2.48. The molecule has 12 heavy (non-hydrogen) atoms. The van der Waals surface area contributed by atoms with E-state index in [2.05, 4.69) is 4.99 Å². The highest BCUT2D eigenvalue weighted by Crippen LogP contribution is 2.30. The molecular formula is C8H10F2N2. The molecule has 2 unspecified atom stereocenters. The second-order valence-corrected chi connectivity index (χ2v) is 3.24. The summed E-state index contributed by atoms with van der Waals surface area (Å²) in [6, 6.07) is 0.122. The lowest BCUT2D eigenvalue weighted by Gasteiger charge is -2.17. The standard InChI is InChI=1S/C8H10F2N2/c1-5-11-3-7-2-6(8(9)10)4-12(5)7/h3,5,7H,2,4H2,1H3. The second kappa shape index (κ2) is 2.62.